The molecule has 9 aromatic rings. The molecule has 1 aliphatic rings. The molecule has 48 heavy (non-hydrogen) atoms. The number of nitrogens with zero attached hydrogens (tertiary/aromatic N) is 1. The molecule has 0 fully saturated rings. The lowest BCUT2D eigenvalue weighted by Crippen LogP contribution is -2.16. The summed E-state index contributed by atoms with van der Waals surface area (Å²) in [5.74, 6) is 0. The van der Waals surface area contributed by atoms with Crippen molar-refractivity contribution in [1.82, 2.24) is 0 Å². The largest absolute Gasteiger partial charge is 0.310 e. The zero-order valence-electron chi connectivity index (χ0n) is 27.0. The fourth-order valence-corrected chi connectivity index (χ4v) is 8.44. The number of hydrogen-bond donors (Lipinski definition) is 0. The number of hydrogen-bond acceptors (Lipinski definition) is 1. The van der Waals surface area contributed by atoms with Gasteiger partial charge in [0.1, 0.15) is 0 Å². The van der Waals surface area contributed by atoms with Gasteiger partial charge in [-0.3, -0.25) is 0 Å². The van der Waals surface area contributed by atoms with Gasteiger partial charge in [0.25, 0.3) is 0 Å². The summed E-state index contributed by atoms with van der Waals surface area (Å²) in [7, 11) is 0. The Kier molecular flexibility index (Phi) is 5.69. The molecule has 0 heterocycles. The summed E-state index contributed by atoms with van der Waals surface area (Å²) in [5, 5.41) is 12.7. The van der Waals surface area contributed by atoms with Crippen LogP contribution in [0.1, 0.15) is 25.0 Å². The highest BCUT2D eigenvalue weighted by Gasteiger charge is 2.35. The quantitative estimate of drug-likeness (QED) is 0.180. The van der Waals surface area contributed by atoms with E-state index in [2.05, 4.69) is 183 Å². The first-order chi connectivity index (χ1) is 23.6. The molecule has 226 valence electrons. The Hall–Kier alpha value is -5.92. The summed E-state index contributed by atoms with van der Waals surface area (Å²) in [6.45, 7) is 4.73. The van der Waals surface area contributed by atoms with Crippen LogP contribution in [0.25, 0.3) is 65.0 Å². The molecule has 10 rings (SSSR count). The van der Waals surface area contributed by atoms with Gasteiger partial charge in [-0.1, -0.05) is 147 Å². The van der Waals surface area contributed by atoms with Crippen molar-refractivity contribution in [2.75, 3.05) is 4.90 Å². The molecule has 1 heteroatoms. The lowest BCUT2D eigenvalue weighted by atomic mass is 9.82. The lowest BCUT2D eigenvalue weighted by molar-refractivity contribution is 0.660. The Balaban J connectivity index is 1.26. The van der Waals surface area contributed by atoms with E-state index in [1.807, 2.05) is 0 Å². The second-order valence-corrected chi connectivity index (χ2v) is 13.8. The molecule has 0 spiro atoms. The van der Waals surface area contributed by atoms with Crippen LogP contribution in [0.3, 0.4) is 0 Å². The maximum Gasteiger partial charge on any atom is 0.0540 e. The first kappa shape index (κ1) is 27.2. The predicted octanol–water partition coefficient (Wildman–Crippen LogP) is 13.2. The number of anilines is 3. The summed E-state index contributed by atoms with van der Waals surface area (Å²) >= 11 is 0. The van der Waals surface area contributed by atoms with Crippen LogP contribution >= 0.6 is 0 Å². The average Bonchev–Trinajstić information content (AvgIpc) is 3.37. The van der Waals surface area contributed by atoms with E-state index in [4.69, 9.17) is 0 Å². The van der Waals surface area contributed by atoms with E-state index < -0.39 is 0 Å². The van der Waals surface area contributed by atoms with E-state index in [0.29, 0.717) is 0 Å². The predicted molar refractivity (Wildman–Crippen MR) is 206 cm³/mol. The topological polar surface area (TPSA) is 3.24 Å². The number of rotatable bonds is 3. The fourth-order valence-electron chi connectivity index (χ4n) is 8.44. The average molecular weight is 612 g/mol. The van der Waals surface area contributed by atoms with Crippen molar-refractivity contribution in [2.24, 2.45) is 0 Å². The van der Waals surface area contributed by atoms with Crippen LogP contribution in [0.5, 0.6) is 0 Å². The van der Waals surface area contributed by atoms with Crippen LogP contribution in [0.15, 0.2) is 164 Å². The maximum atomic E-state index is 2.48. The fraction of sp³-hybridized carbons (Fsp3) is 0.0638. The molecular weight excluding hydrogens is 579 g/mol. The summed E-state index contributed by atoms with van der Waals surface area (Å²) in [6.07, 6.45) is 0. The van der Waals surface area contributed by atoms with E-state index in [0.717, 1.165) is 5.69 Å². The van der Waals surface area contributed by atoms with E-state index in [-0.39, 0.29) is 5.41 Å². The van der Waals surface area contributed by atoms with Crippen LogP contribution in [0.4, 0.5) is 17.1 Å². The molecule has 0 atom stereocenters. The minimum Gasteiger partial charge on any atom is -0.310 e. The number of fused-ring (bicyclic) bond motifs is 11. The Morgan fingerprint density at radius 2 is 0.958 bits per heavy atom. The van der Waals surface area contributed by atoms with Crippen LogP contribution in [0, 0.1) is 0 Å². The third-order valence-corrected chi connectivity index (χ3v) is 10.8. The van der Waals surface area contributed by atoms with E-state index in [9.17, 15) is 0 Å². The third kappa shape index (κ3) is 3.85. The Morgan fingerprint density at radius 3 is 1.83 bits per heavy atom. The molecule has 0 radical (unpaired) electrons. The zero-order chi connectivity index (χ0) is 32.0. The van der Waals surface area contributed by atoms with Crippen LogP contribution in [0.2, 0.25) is 0 Å². The molecule has 1 aliphatic carbocycles. The monoisotopic (exact) mass is 611 g/mol. The van der Waals surface area contributed by atoms with Crippen molar-refractivity contribution < 1.29 is 0 Å². The minimum atomic E-state index is -0.0935. The van der Waals surface area contributed by atoms with Crippen molar-refractivity contribution in [3.8, 4) is 11.1 Å². The molecule has 0 saturated carbocycles. The molecule has 0 aliphatic heterocycles. The molecule has 0 saturated heterocycles. The van der Waals surface area contributed by atoms with Crippen molar-refractivity contribution in [3.05, 3.63) is 175 Å². The highest BCUT2D eigenvalue weighted by atomic mass is 15.1. The minimum absolute atomic E-state index is 0.0935. The molecule has 0 bridgehead atoms. The van der Waals surface area contributed by atoms with Crippen molar-refractivity contribution >= 4 is 70.9 Å². The molecular formula is C47H33N. The van der Waals surface area contributed by atoms with Crippen LogP contribution in [-0.2, 0) is 5.41 Å². The summed E-state index contributed by atoms with van der Waals surface area (Å²) in [6, 6.07) is 60.8. The molecule has 0 unspecified atom stereocenters. The van der Waals surface area contributed by atoms with Gasteiger partial charge in [-0.2, -0.15) is 0 Å². The zero-order valence-corrected chi connectivity index (χ0v) is 27.0. The summed E-state index contributed by atoms with van der Waals surface area (Å²) in [5.41, 5.74) is 8.84. The van der Waals surface area contributed by atoms with Gasteiger partial charge < -0.3 is 4.90 Å². The molecule has 9 aromatic carbocycles. The highest BCUT2D eigenvalue weighted by Crippen LogP contribution is 2.51. The van der Waals surface area contributed by atoms with Gasteiger partial charge in [0, 0.05) is 22.2 Å². The van der Waals surface area contributed by atoms with Gasteiger partial charge in [-0.15, -0.1) is 0 Å². The highest BCUT2D eigenvalue weighted by molar-refractivity contribution is 6.22. The smallest absolute Gasteiger partial charge is 0.0540 e. The van der Waals surface area contributed by atoms with Crippen LogP contribution < -0.4 is 4.90 Å². The Morgan fingerprint density at radius 1 is 0.375 bits per heavy atom. The van der Waals surface area contributed by atoms with Gasteiger partial charge in [0.2, 0.25) is 0 Å². The standard InChI is InChI=1S/C47H33N/c1-47(2)43-16-8-7-14-39(43)40-27-24-35(29-44(40)47)48(34-23-26-37-33(28-34)21-19-30-10-3-5-12-36(30)37)45-17-9-15-42-41(45)25-22-32-20-18-31-11-4-6-13-38(31)46(32)42/h3-29H,1-2H3. The number of benzene rings is 9. The Bertz CT molecular complexity index is 2770. The molecule has 0 amide bonds. The normalized spacial score (nSPS) is 13.4. The van der Waals surface area contributed by atoms with Gasteiger partial charge in [-0.25, -0.2) is 0 Å². The summed E-state index contributed by atoms with van der Waals surface area (Å²) < 4.78 is 0. The van der Waals surface area contributed by atoms with Crippen molar-refractivity contribution in [2.45, 2.75) is 19.3 Å². The maximum absolute atomic E-state index is 2.48. The third-order valence-electron chi connectivity index (χ3n) is 10.8. The van der Waals surface area contributed by atoms with Crippen LogP contribution in [-0.4, -0.2) is 0 Å². The Labute approximate surface area is 280 Å². The van der Waals surface area contributed by atoms with Gasteiger partial charge in [0.05, 0.1) is 5.69 Å². The lowest BCUT2D eigenvalue weighted by Gasteiger charge is -2.29. The molecule has 0 aromatic heterocycles. The molecule has 0 N–H and O–H groups in total. The first-order valence-corrected chi connectivity index (χ1v) is 16.9. The van der Waals surface area contributed by atoms with E-state index in [1.54, 1.807) is 0 Å². The second-order valence-electron chi connectivity index (χ2n) is 13.8. The SMILES string of the molecule is CC1(C)c2ccccc2-c2ccc(N(c3ccc4c(ccc5ccccc54)c3)c3cccc4c3ccc3ccc5ccccc5c34)cc21. The van der Waals surface area contributed by atoms with Crippen molar-refractivity contribution in [1.29, 1.82) is 0 Å². The van der Waals surface area contributed by atoms with Gasteiger partial charge in [-0.05, 0) is 101 Å². The van der Waals surface area contributed by atoms with E-state index in [1.165, 1.54) is 87.5 Å². The van der Waals surface area contributed by atoms with E-state index >= 15 is 0 Å². The first-order valence-electron chi connectivity index (χ1n) is 16.9. The summed E-state index contributed by atoms with van der Waals surface area (Å²) in [4.78, 5) is 2.48. The molecule has 1 nitrogen and oxygen atoms in total. The second kappa shape index (κ2) is 10.0. The van der Waals surface area contributed by atoms with Gasteiger partial charge in [0.15, 0.2) is 0 Å². The van der Waals surface area contributed by atoms with Crippen molar-refractivity contribution in [3.63, 3.8) is 0 Å². The van der Waals surface area contributed by atoms with Gasteiger partial charge >= 0.3 is 0 Å².